The lowest BCUT2D eigenvalue weighted by Crippen LogP contribution is -2.54. The number of rotatable bonds is 19. The van der Waals surface area contributed by atoms with Crippen molar-refractivity contribution < 1.29 is 47.7 Å². The summed E-state index contributed by atoms with van der Waals surface area (Å²) in [6.07, 6.45) is 3.65. The van der Waals surface area contributed by atoms with E-state index in [1.807, 2.05) is 13.8 Å². The van der Waals surface area contributed by atoms with Crippen LogP contribution in [0.2, 0.25) is 10.0 Å². The summed E-state index contributed by atoms with van der Waals surface area (Å²) in [5.41, 5.74) is 0.713. The zero-order valence-electron chi connectivity index (χ0n) is 37.3. The third kappa shape index (κ3) is 21.2. The maximum Gasteiger partial charge on any atom is 0.480 e. The van der Waals surface area contributed by atoms with Gasteiger partial charge in [0.05, 0.1) is 42.6 Å². The summed E-state index contributed by atoms with van der Waals surface area (Å²) >= 11 is 18.6. The second-order valence-corrected chi connectivity index (χ2v) is 18.9. The van der Waals surface area contributed by atoms with Gasteiger partial charge in [0.25, 0.3) is 11.8 Å². The number of halogens is 4. The molecule has 2 heterocycles. The molecule has 16 nitrogen and oxygen atoms in total. The van der Waals surface area contributed by atoms with Crippen molar-refractivity contribution in [2.24, 2.45) is 11.8 Å². The second kappa shape index (κ2) is 29.8. The van der Waals surface area contributed by atoms with Gasteiger partial charge in [0.15, 0.2) is 0 Å². The Morgan fingerprint density at radius 2 is 1.08 bits per heavy atom. The van der Waals surface area contributed by atoms with Gasteiger partial charge in [-0.2, -0.15) is 0 Å². The number of carboxylic acid groups (broad SMARTS) is 1. The van der Waals surface area contributed by atoms with Crippen molar-refractivity contribution in [2.45, 2.75) is 72.2 Å². The van der Waals surface area contributed by atoms with Crippen LogP contribution in [0.5, 0.6) is 0 Å². The van der Waals surface area contributed by atoms with Gasteiger partial charge in [0, 0.05) is 71.6 Å². The lowest BCUT2D eigenvalue weighted by atomic mass is 9.73. The summed E-state index contributed by atoms with van der Waals surface area (Å²) in [5.74, 6) is -2.46. The Labute approximate surface area is 404 Å². The average molecular weight is 1060 g/mol. The quantitative estimate of drug-likeness (QED) is 0.113. The van der Waals surface area contributed by atoms with E-state index in [2.05, 4.69) is 78.8 Å². The van der Waals surface area contributed by atoms with Gasteiger partial charge in [0.2, 0.25) is 11.8 Å². The Morgan fingerprint density at radius 3 is 1.44 bits per heavy atom. The highest BCUT2D eigenvalue weighted by Crippen LogP contribution is 2.22. The lowest BCUT2D eigenvalue weighted by Gasteiger charge is -2.31. The molecule has 0 saturated carbocycles. The van der Waals surface area contributed by atoms with Crippen molar-refractivity contribution in [3.8, 4) is 0 Å². The van der Waals surface area contributed by atoms with Gasteiger partial charge >= 0.3 is 20.2 Å². The number of nitrogens with zero attached hydrogens (tertiary/aromatic N) is 2. The molecule has 0 aliphatic carbocycles. The highest BCUT2D eigenvalue weighted by Gasteiger charge is 2.35. The van der Waals surface area contributed by atoms with Crippen molar-refractivity contribution in [3.05, 3.63) is 66.5 Å². The molecule has 2 aromatic carbocycles. The monoisotopic (exact) mass is 1060 g/mol. The SMILES string of the molecule is CC(C)C[C@H](NC(=O)CNC(=O)c1cc(Cl)ccc1Br)B1OCCN(CC(=O)O)CCO1.CCCCN1CCOB([C@H](CC(C)C)NC(=O)CNC(=O)c2cc(Cl)ccc2Br)OCC1. The fourth-order valence-corrected chi connectivity index (χ4v) is 7.99. The predicted molar refractivity (Wildman–Crippen MR) is 256 cm³/mol. The van der Waals surface area contributed by atoms with Gasteiger partial charge in [-0.1, -0.05) is 64.2 Å². The first-order valence-corrected chi connectivity index (χ1v) is 24.0. The van der Waals surface area contributed by atoms with Crippen LogP contribution >= 0.6 is 55.1 Å². The van der Waals surface area contributed by atoms with E-state index in [1.165, 1.54) is 6.07 Å². The molecule has 2 saturated heterocycles. The normalized spacial score (nSPS) is 16.3. The minimum atomic E-state index is -0.904. The zero-order chi connectivity index (χ0) is 47.2. The maximum atomic E-state index is 12.6. The van der Waals surface area contributed by atoms with Gasteiger partial charge in [-0.05, 0) is 106 Å². The van der Waals surface area contributed by atoms with Gasteiger partial charge in [-0.15, -0.1) is 0 Å². The number of carbonyl (C=O) groups excluding carboxylic acids is 4. The number of benzene rings is 2. The van der Waals surface area contributed by atoms with Crippen LogP contribution in [0.3, 0.4) is 0 Å². The van der Waals surface area contributed by atoms with Gasteiger partial charge in [-0.3, -0.25) is 33.8 Å². The molecule has 64 heavy (non-hydrogen) atoms. The van der Waals surface area contributed by atoms with Gasteiger partial charge in [-0.25, -0.2) is 0 Å². The number of carboxylic acids is 1. The fourth-order valence-electron chi connectivity index (χ4n) is 6.79. The zero-order valence-corrected chi connectivity index (χ0v) is 42.0. The van der Waals surface area contributed by atoms with E-state index in [4.69, 9.17) is 46.9 Å². The Morgan fingerprint density at radius 1 is 0.688 bits per heavy atom. The minimum absolute atomic E-state index is 0.0774. The van der Waals surface area contributed by atoms with Gasteiger partial charge in [0.1, 0.15) is 0 Å². The number of nitrogens with one attached hydrogen (secondary N) is 4. The van der Waals surface area contributed by atoms with Crippen molar-refractivity contribution in [1.82, 2.24) is 31.1 Å². The molecule has 0 bridgehead atoms. The van der Waals surface area contributed by atoms with Crippen LogP contribution in [0.15, 0.2) is 45.3 Å². The minimum Gasteiger partial charge on any atom is -0.480 e. The number of unbranched alkanes of at least 4 members (excludes halogenated alkanes) is 1. The van der Waals surface area contributed by atoms with Crippen LogP contribution in [0.25, 0.3) is 0 Å². The molecule has 5 N–H and O–H groups in total. The smallest absolute Gasteiger partial charge is 0.480 e. The molecule has 2 atom stereocenters. The Hall–Kier alpha value is -2.78. The molecule has 2 fully saturated rings. The van der Waals surface area contributed by atoms with Crippen molar-refractivity contribution in [3.63, 3.8) is 0 Å². The first kappa shape index (κ1) is 55.5. The van der Waals surface area contributed by atoms with Crippen molar-refractivity contribution >= 4 is 98.9 Å². The highest BCUT2D eigenvalue weighted by molar-refractivity contribution is 9.10. The topological polar surface area (TPSA) is 197 Å². The summed E-state index contributed by atoms with van der Waals surface area (Å²) in [4.78, 5) is 65.0. The Balaban J connectivity index is 0.000000340. The van der Waals surface area contributed by atoms with Crippen LogP contribution < -0.4 is 21.3 Å². The number of hydrogen-bond acceptors (Lipinski definition) is 11. The molecule has 22 heteroatoms. The maximum absolute atomic E-state index is 12.6. The van der Waals surface area contributed by atoms with E-state index in [0.29, 0.717) is 75.2 Å². The third-order valence-corrected chi connectivity index (χ3v) is 11.8. The summed E-state index contributed by atoms with van der Waals surface area (Å²) < 4.78 is 24.8. The molecule has 2 aliphatic heterocycles. The molecule has 2 aromatic rings. The van der Waals surface area contributed by atoms with Crippen LogP contribution in [0.1, 0.15) is 81.0 Å². The highest BCUT2D eigenvalue weighted by atomic mass is 79.9. The number of amides is 4. The molecular weight excluding hydrogens is 1000 g/mol. The standard InChI is InChI=1S/C22H34BBrClN3O4.C20H28BBrClN3O6/c1-4-5-8-28-9-11-31-23(32-12-10-28)20(13-16(2)3)27-21(29)15-26-22(30)18-14-17(25)6-7-19(18)24;1-13(2)9-17(21-31-7-5-26(6-8-32-21)12-19(28)29)25-18(27)11-24-20(30)15-10-14(23)3-4-16(15)22/h6-7,14,16,20H,4-5,8-13,15H2,1-3H3,(H,26,30)(H,27,29);3-4,10,13,17H,5-9,11-12H2,1-2H3,(H,24,30)(H,25,27)(H,28,29)/t20-;17-/m00/s1. The fraction of sp³-hybridized carbons (Fsp3) is 0.595. The van der Waals surface area contributed by atoms with E-state index in [1.54, 1.807) is 35.2 Å². The van der Waals surface area contributed by atoms with Gasteiger partial charge < -0.3 is 45.0 Å². The molecule has 2 aliphatic rings. The molecule has 4 rings (SSSR count). The van der Waals surface area contributed by atoms with E-state index in [9.17, 15) is 24.0 Å². The summed E-state index contributed by atoms with van der Waals surface area (Å²) in [7, 11) is -1.17. The average Bonchev–Trinajstić information content (AvgIpc) is 3.20. The third-order valence-electron chi connectivity index (χ3n) is 9.91. The van der Waals surface area contributed by atoms with E-state index >= 15 is 0 Å². The molecule has 0 radical (unpaired) electrons. The van der Waals surface area contributed by atoms with E-state index in [-0.39, 0.29) is 62.4 Å². The molecular formula is C42H62B2Br2Cl2N6O10. The molecule has 354 valence electrons. The largest absolute Gasteiger partial charge is 0.480 e. The van der Waals surface area contributed by atoms with Crippen LogP contribution in [0.4, 0.5) is 0 Å². The van der Waals surface area contributed by atoms with E-state index in [0.717, 1.165) is 32.5 Å². The summed E-state index contributed by atoms with van der Waals surface area (Å²) in [6, 6.07) is 9.77. The van der Waals surface area contributed by atoms with Crippen molar-refractivity contribution in [2.75, 3.05) is 78.8 Å². The lowest BCUT2D eigenvalue weighted by molar-refractivity contribution is -0.138. The first-order valence-electron chi connectivity index (χ1n) is 21.6. The number of hydrogen-bond donors (Lipinski definition) is 5. The van der Waals surface area contributed by atoms with Crippen LogP contribution in [0, 0.1) is 11.8 Å². The molecule has 0 spiro atoms. The Kier molecular flexibility index (Phi) is 25.8. The Bertz CT molecular complexity index is 1810. The summed E-state index contributed by atoms with van der Waals surface area (Å²) in [6.45, 7) is 15.3. The first-order chi connectivity index (χ1) is 30.4. The van der Waals surface area contributed by atoms with E-state index < -0.39 is 32.1 Å². The van der Waals surface area contributed by atoms with Crippen LogP contribution in [-0.4, -0.2) is 149 Å². The number of aliphatic carboxylic acids is 1. The van der Waals surface area contributed by atoms with Crippen molar-refractivity contribution in [1.29, 1.82) is 0 Å². The second-order valence-electron chi connectivity index (χ2n) is 16.3. The molecule has 0 aromatic heterocycles. The number of carbonyl (C=O) groups is 5. The summed E-state index contributed by atoms with van der Waals surface area (Å²) in [5, 5.41) is 20.9. The van der Waals surface area contributed by atoms with Crippen LogP contribution in [-0.2, 0) is 33.0 Å². The molecule has 0 unspecified atom stereocenters. The predicted octanol–water partition coefficient (Wildman–Crippen LogP) is 5.36. The molecule has 4 amide bonds.